The molecule has 0 radical (unpaired) electrons. The highest BCUT2D eigenvalue weighted by atomic mass is 16.5. The Labute approximate surface area is 131 Å². The van der Waals surface area contributed by atoms with Crippen molar-refractivity contribution in [3.05, 3.63) is 35.9 Å². The van der Waals surface area contributed by atoms with Crippen LogP contribution in [0.5, 0.6) is 0 Å². The van der Waals surface area contributed by atoms with E-state index < -0.39 is 0 Å². The molecule has 0 heterocycles. The van der Waals surface area contributed by atoms with Crippen molar-refractivity contribution in [2.75, 3.05) is 19.8 Å². The van der Waals surface area contributed by atoms with Gasteiger partial charge in [0, 0.05) is 19.3 Å². The Morgan fingerprint density at radius 2 is 1.62 bits per heavy atom. The quantitative estimate of drug-likeness (QED) is 0.510. The van der Waals surface area contributed by atoms with Crippen LogP contribution in [0.25, 0.3) is 0 Å². The maximum Gasteiger partial charge on any atom is 0.0478 e. The van der Waals surface area contributed by atoms with E-state index in [1.165, 1.54) is 44.1 Å². The van der Waals surface area contributed by atoms with E-state index in [4.69, 9.17) is 4.74 Å². The molecule has 1 aromatic rings. The third-order valence-corrected chi connectivity index (χ3v) is 3.80. The van der Waals surface area contributed by atoms with Crippen molar-refractivity contribution < 1.29 is 4.74 Å². The molecule has 1 N–H and O–H groups in total. The van der Waals surface area contributed by atoms with Gasteiger partial charge in [-0.25, -0.2) is 0 Å². The van der Waals surface area contributed by atoms with Crippen LogP contribution in [-0.4, -0.2) is 19.8 Å². The van der Waals surface area contributed by atoms with Crippen molar-refractivity contribution in [1.82, 2.24) is 5.32 Å². The van der Waals surface area contributed by atoms with Gasteiger partial charge < -0.3 is 10.1 Å². The van der Waals surface area contributed by atoms with Crippen molar-refractivity contribution in [3.63, 3.8) is 0 Å². The first-order chi connectivity index (χ1) is 10.4. The molecule has 0 aliphatic carbocycles. The number of rotatable bonds is 13. The number of hydrogen-bond acceptors (Lipinski definition) is 2. The first kappa shape index (κ1) is 18.2. The first-order valence-corrected chi connectivity index (χ1v) is 8.74. The highest BCUT2D eigenvalue weighted by Crippen LogP contribution is 2.19. The highest BCUT2D eigenvalue weighted by molar-refractivity contribution is 5.18. The molecule has 1 atom stereocenters. The van der Waals surface area contributed by atoms with Gasteiger partial charge in [-0.15, -0.1) is 0 Å². The van der Waals surface area contributed by atoms with Crippen LogP contribution in [0.1, 0.15) is 70.4 Å². The fourth-order valence-electron chi connectivity index (χ4n) is 2.47. The maximum absolute atomic E-state index is 5.62. The Balaban J connectivity index is 2.26. The standard InChI is InChI=1S/C19H33NO/c1-3-5-8-14-19(18-12-9-7-10-13-18)20-15-11-17-21-16-6-4-2/h7,9-10,12-13,19-20H,3-6,8,11,14-17H2,1-2H3. The van der Waals surface area contributed by atoms with E-state index >= 15 is 0 Å². The molecule has 1 aromatic carbocycles. The molecular weight excluding hydrogens is 258 g/mol. The zero-order valence-corrected chi connectivity index (χ0v) is 13.9. The number of nitrogens with one attached hydrogen (secondary N) is 1. The van der Waals surface area contributed by atoms with Gasteiger partial charge in [0.25, 0.3) is 0 Å². The summed E-state index contributed by atoms with van der Waals surface area (Å²) in [5.41, 5.74) is 1.42. The first-order valence-electron chi connectivity index (χ1n) is 8.74. The van der Waals surface area contributed by atoms with Crippen LogP contribution in [0, 0.1) is 0 Å². The Morgan fingerprint density at radius 1 is 0.905 bits per heavy atom. The normalized spacial score (nSPS) is 12.5. The van der Waals surface area contributed by atoms with E-state index in [2.05, 4.69) is 49.5 Å². The minimum Gasteiger partial charge on any atom is -0.381 e. The number of ether oxygens (including phenoxy) is 1. The summed E-state index contributed by atoms with van der Waals surface area (Å²) in [7, 11) is 0. The molecule has 0 aliphatic heterocycles. The van der Waals surface area contributed by atoms with E-state index in [0.29, 0.717) is 6.04 Å². The molecular formula is C19H33NO. The highest BCUT2D eigenvalue weighted by Gasteiger charge is 2.09. The fourth-order valence-corrected chi connectivity index (χ4v) is 2.47. The van der Waals surface area contributed by atoms with Crippen LogP contribution in [0.3, 0.4) is 0 Å². The summed E-state index contributed by atoms with van der Waals surface area (Å²) in [6.07, 6.45) is 8.63. The van der Waals surface area contributed by atoms with Gasteiger partial charge in [0.15, 0.2) is 0 Å². The zero-order chi connectivity index (χ0) is 15.2. The number of unbranched alkanes of at least 4 members (excludes halogenated alkanes) is 3. The molecule has 120 valence electrons. The predicted octanol–water partition coefficient (Wildman–Crippen LogP) is 5.10. The number of hydrogen-bond donors (Lipinski definition) is 1. The minimum atomic E-state index is 0.494. The van der Waals surface area contributed by atoms with Crippen molar-refractivity contribution in [3.8, 4) is 0 Å². The van der Waals surface area contributed by atoms with Crippen LogP contribution in [0.15, 0.2) is 30.3 Å². The smallest absolute Gasteiger partial charge is 0.0478 e. The molecule has 0 bridgehead atoms. The zero-order valence-electron chi connectivity index (χ0n) is 13.9. The molecule has 0 fully saturated rings. The Bertz CT molecular complexity index is 326. The van der Waals surface area contributed by atoms with Crippen molar-refractivity contribution in [2.24, 2.45) is 0 Å². The average Bonchev–Trinajstić information content (AvgIpc) is 2.53. The molecule has 2 nitrogen and oxygen atoms in total. The second-order valence-electron chi connectivity index (χ2n) is 5.73. The molecule has 0 aromatic heterocycles. The van der Waals surface area contributed by atoms with Crippen LogP contribution < -0.4 is 5.32 Å². The summed E-state index contributed by atoms with van der Waals surface area (Å²) >= 11 is 0. The van der Waals surface area contributed by atoms with Gasteiger partial charge in [-0.2, -0.15) is 0 Å². The van der Waals surface area contributed by atoms with Gasteiger partial charge in [-0.3, -0.25) is 0 Å². The third-order valence-electron chi connectivity index (χ3n) is 3.80. The van der Waals surface area contributed by atoms with Gasteiger partial charge in [0.2, 0.25) is 0 Å². The van der Waals surface area contributed by atoms with Crippen molar-refractivity contribution in [1.29, 1.82) is 0 Å². The summed E-state index contributed by atoms with van der Waals surface area (Å²) in [6.45, 7) is 7.29. The van der Waals surface area contributed by atoms with Crippen LogP contribution in [-0.2, 0) is 4.74 Å². The molecule has 0 saturated heterocycles. The molecule has 0 aliphatic rings. The number of benzene rings is 1. The lowest BCUT2D eigenvalue weighted by molar-refractivity contribution is 0.128. The summed E-state index contributed by atoms with van der Waals surface area (Å²) in [5.74, 6) is 0. The van der Waals surface area contributed by atoms with Crippen LogP contribution in [0.2, 0.25) is 0 Å². The minimum absolute atomic E-state index is 0.494. The Hall–Kier alpha value is -0.860. The second kappa shape index (κ2) is 12.8. The largest absolute Gasteiger partial charge is 0.381 e. The molecule has 0 spiro atoms. The van der Waals surface area contributed by atoms with Gasteiger partial charge >= 0.3 is 0 Å². The van der Waals surface area contributed by atoms with Crippen molar-refractivity contribution in [2.45, 2.75) is 64.8 Å². The summed E-state index contributed by atoms with van der Waals surface area (Å²) < 4.78 is 5.62. The molecule has 21 heavy (non-hydrogen) atoms. The lowest BCUT2D eigenvalue weighted by Gasteiger charge is -2.19. The monoisotopic (exact) mass is 291 g/mol. The molecule has 2 heteroatoms. The summed E-state index contributed by atoms with van der Waals surface area (Å²) in [4.78, 5) is 0. The molecule has 1 unspecified atom stereocenters. The lowest BCUT2D eigenvalue weighted by Crippen LogP contribution is -2.23. The van der Waals surface area contributed by atoms with Crippen molar-refractivity contribution >= 4 is 0 Å². The van der Waals surface area contributed by atoms with Gasteiger partial charge in [-0.1, -0.05) is 69.9 Å². The Kier molecular flexibility index (Phi) is 11.1. The van der Waals surface area contributed by atoms with Gasteiger partial charge in [0.1, 0.15) is 0 Å². The third kappa shape index (κ3) is 8.90. The van der Waals surface area contributed by atoms with Crippen LogP contribution in [0.4, 0.5) is 0 Å². The fraction of sp³-hybridized carbons (Fsp3) is 0.684. The Morgan fingerprint density at radius 3 is 2.33 bits per heavy atom. The molecule has 0 amide bonds. The average molecular weight is 291 g/mol. The SMILES string of the molecule is CCCCCC(NCCCOCCCC)c1ccccc1. The topological polar surface area (TPSA) is 21.3 Å². The maximum atomic E-state index is 5.62. The van der Waals surface area contributed by atoms with Crippen LogP contribution >= 0.6 is 0 Å². The van der Waals surface area contributed by atoms with Gasteiger partial charge in [-0.05, 0) is 31.4 Å². The predicted molar refractivity (Wildman–Crippen MR) is 91.7 cm³/mol. The van der Waals surface area contributed by atoms with E-state index in [1.54, 1.807) is 0 Å². The summed E-state index contributed by atoms with van der Waals surface area (Å²) in [5, 5.41) is 3.71. The molecule has 0 saturated carbocycles. The molecule has 1 rings (SSSR count). The second-order valence-corrected chi connectivity index (χ2v) is 5.73. The lowest BCUT2D eigenvalue weighted by atomic mass is 10.0. The van der Waals surface area contributed by atoms with E-state index in [-0.39, 0.29) is 0 Å². The van der Waals surface area contributed by atoms with E-state index in [0.717, 1.165) is 26.2 Å². The van der Waals surface area contributed by atoms with E-state index in [1.807, 2.05) is 0 Å². The summed E-state index contributed by atoms with van der Waals surface area (Å²) in [6, 6.07) is 11.3. The van der Waals surface area contributed by atoms with Gasteiger partial charge in [0.05, 0.1) is 0 Å². The van der Waals surface area contributed by atoms with E-state index in [9.17, 15) is 0 Å².